The van der Waals surface area contributed by atoms with E-state index in [1.807, 2.05) is 31.2 Å². The zero-order valence-corrected chi connectivity index (χ0v) is 20.1. The lowest BCUT2D eigenvalue weighted by Crippen LogP contribution is -2.53. The standard InChI is InChI=1S/C24H27N3O8/c1-13-6-8-18(9-7-13)20-11-27(26-25-20)21-10-19(12-32-14(2)28)22(33-15(3)29)24(35-17(5)31)23(21)34-16(4)30/h6-11,21-24H,12H2,1-5H3/t21-,22+,23-,24-/m0/s1. The van der Waals surface area contributed by atoms with Gasteiger partial charge in [-0.1, -0.05) is 35.0 Å². The average Bonchev–Trinajstić information content (AvgIpc) is 3.24. The Morgan fingerprint density at radius 2 is 1.46 bits per heavy atom. The average molecular weight is 485 g/mol. The molecule has 1 aromatic carbocycles. The Balaban J connectivity index is 2.10. The van der Waals surface area contributed by atoms with Crippen molar-refractivity contribution >= 4 is 23.9 Å². The molecule has 1 heterocycles. The second-order valence-electron chi connectivity index (χ2n) is 8.14. The molecule has 0 N–H and O–H groups in total. The lowest BCUT2D eigenvalue weighted by Gasteiger charge is -2.39. The van der Waals surface area contributed by atoms with Gasteiger partial charge in [-0.3, -0.25) is 19.2 Å². The second-order valence-corrected chi connectivity index (χ2v) is 8.14. The smallest absolute Gasteiger partial charge is 0.303 e. The van der Waals surface area contributed by atoms with Crippen molar-refractivity contribution < 1.29 is 38.1 Å². The maximum atomic E-state index is 12.0. The molecule has 3 rings (SSSR count). The fourth-order valence-electron chi connectivity index (χ4n) is 3.78. The third-order valence-corrected chi connectivity index (χ3v) is 5.21. The molecule has 4 atom stereocenters. The van der Waals surface area contributed by atoms with E-state index in [1.54, 1.807) is 12.3 Å². The summed E-state index contributed by atoms with van der Waals surface area (Å²) >= 11 is 0. The number of nitrogens with zero attached hydrogens (tertiary/aromatic N) is 3. The van der Waals surface area contributed by atoms with E-state index in [4.69, 9.17) is 18.9 Å². The molecule has 1 aliphatic rings. The Bertz CT molecular complexity index is 1140. The van der Waals surface area contributed by atoms with Crippen LogP contribution in [-0.2, 0) is 38.1 Å². The highest BCUT2D eigenvalue weighted by Gasteiger charge is 2.48. The Labute approximate surface area is 202 Å². The molecule has 11 nitrogen and oxygen atoms in total. The van der Waals surface area contributed by atoms with Crippen LogP contribution in [0.3, 0.4) is 0 Å². The van der Waals surface area contributed by atoms with Gasteiger partial charge in [0, 0.05) is 38.8 Å². The van der Waals surface area contributed by atoms with Crippen molar-refractivity contribution in [2.45, 2.75) is 59.0 Å². The molecule has 0 saturated heterocycles. The Morgan fingerprint density at radius 1 is 0.857 bits per heavy atom. The number of hydrogen-bond acceptors (Lipinski definition) is 10. The fraction of sp³-hybridized carbons (Fsp3) is 0.417. The molecule has 0 spiro atoms. The summed E-state index contributed by atoms with van der Waals surface area (Å²) in [5.74, 6) is -2.55. The first-order chi connectivity index (χ1) is 16.5. The maximum Gasteiger partial charge on any atom is 0.303 e. The van der Waals surface area contributed by atoms with Crippen molar-refractivity contribution in [3.63, 3.8) is 0 Å². The van der Waals surface area contributed by atoms with E-state index in [0.29, 0.717) is 11.3 Å². The minimum Gasteiger partial charge on any atom is -0.461 e. The minimum absolute atomic E-state index is 0.242. The molecule has 11 heteroatoms. The quantitative estimate of drug-likeness (QED) is 0.326. The molecule has 35 heavy (non-hydrogen) atoms. The van der Waals surface area contributed by atoms with E-state index in [0.717, 1.165) is 11.1 Å². The number of carbonyl (C=O) groups is 4. The highest BCUT2D eigenvalue weighted by Crippen LogP contribution is 2.35. The van der Waals surface area contributed by atoms with Gasteiger partial charge in [-0.25, -0.2) is 4.68 Å². The summed E-state index contributed by atoms with van der Waals surface area (Å²) in [4.78, 5) is 47.3. The van der Waals surface area contributed by atoms with Crippen LogP contribution >= 0.6 is 0 Å². The number of hydrogen-bond donors (Lipinski definition) is 0. The number of rotatable bonds is 7. The van der Waals surface area contributed by atoms with Crippen LogP contribution in [0, 0.1) is 6.92 Å². The molecule has 2 aromatic rings. The van der Waals surface area contributed by atoms with Gasteiger partial charge in [0.2, 0.25) is 0 Å². The molecular weight excluding hydrogens is 458 g/mol. The van der Waals surface area contributed by atoms with Gasteiger partial charge in [-0.15, -0.1) is 5.10 Å². The fourth-order valence-corrected chi connectivity index (χ4v) is 3.78. The molecule has 0 amide bonds. The maximum absolute atomic E-state index is 12.0. The molecule has 0 bridgehead atoms. The SMILES string of the molecule is CC(=O)OCC1=C[C@H](n2cc(-c3ccc(C)cc3)nn2)[C@H](OC(C)=O)[C@@H](OC(C)=O)[C@@H]1OC(C)=O. The predicted molar refractivity (Wildman–Crippen MR) is 121 cm³/mol. The van der Waals surface area contributed by atoms with Crippen LogP contribution in [0.25, 0.3) is 11.3 Å². The van der Waals surface area contributed by atoms with Gasteiger partial charge in [0.05, 0.1) is 6.20 Å². The van der Waals surface area contributed by atoms with Gasteiger partial charge < -0.3 is 18.9 Å². The Hall–Kier alpha value is -4.02. The first-order valence-electron chi connectivity index (χ1n) is 10.9. The largest absolute Gasteiger partial charge is 0.461 e. The van der Waals surface area contributed by atoms with Crippen LogP contribution in [0.15, 0.2) is 42.1 Å². The lowest BCUT2D eigenvalue weighted by molar-refractivity contribution is -0.185. The van der Waals surface area contributed by atoms with Crippen molar-refractivity contribution in [1.29, 1.82) is 0 Å². The van der Waals surface area contributed by atoms with Crippen LogP contribution < -0.4 is 0 Å². The van der Waals surface area contributed by atoms with Gasteiger partial charge in [0.1, 0.15) is 18.3 Å². The molecule has 1 aromatic heterocycles. The number of ether oxygens (including phenoxy) is 4. The zero-order chi connectivity index (χ0) is 25.7. The van der Waals surface area contributed by atoms with E-state index in [-0.39, 0.29) is 6.61 Å². The van der Waals surface area contributed by atoms with Crippen molar-refractivity contribution in [1.82, 2.24) is 15.0 Å². The molecule has 186 valence electrons. The van der Waals surface area contributed by atoms with E-state index in [2.05, 4.69) is 10.3 Å². The van der Waals surface area contributed by atoms with E-state index < -0.39 is 48.2 Å². The predicted octanol–water partition coefficient (Wildman–Crippen LogP) is 2.09. The highest BCUT2D eigenvalue weighted by atomic mass is 16.6. The summed E-state index contributed by atoms with van der Waals surface area (Å²) in [5, 5.41) is 8.42. The number of carbonyl (C=O) groups excluding carboxylic acids is 4. The molecule has 0 aliphatic heterocycles. The van der Waals surface area contributed by atoms with Gasteiger partial charge in [0.25, 0.3) is 0 Å². The topological polar surface area (TPSA) is 136 Å². The van der Waals surface area contributed by atoms with Gasteiger partial charge in [0.15, 0.2) is 18.3 Å². The van der Waals surface area contributed by atoms with Gasteiger partial charge in [-0.2, -0.15) is 0 Å². The van der Waals surface area contributed by atoms with E-state index in [1.165, 1.54) is 32.4 Å². The van der Waals surface area contributed by atoms with Crippen LogP contribution in [0.4, 0.5) is 0 Å². The second kappa shape index (κ2) is 10.9. The number of benzene rings is 1. The molecular formula is C24H27N3O8. The molecule has 0 saturated carbocycles. The Morgan fingerprint density at radius 3 is 2.03 bits per heavy atom. The minimum atomic E-state index is -1.23. The van der Waals surface area contributed by atoms with E-state index in [9.17, 15) is 19.2 Å². The summed E-state index contributed by atoms with van der Waals surface area (Å²) in [7, 11) is 0. The number of aromatic nitrogens is 3. The van der Waals surface area contributed by atoms with E-state index >= 15 is 0 Å². The summed E-state index contributed by atoms with van der Waals surface area (Å²) in [6, 6.07) is 6.86. The zero-order valence-electron chi connectivity index (χ0n) is 20.1. The van der Waals surface area contributed by atoms with Gasteiger partial charge >= 0.3 is 23.9 Å². The van der Waals surface area contributed by atoms with Crippen molar-refractivity contribution in [3.8, 4) is 11.3 Å². The van der Waals surface area contributed by atoms with Crippen molar-refractivity contribution in [3.05, 3.63) is 47.7 Å². The van der Waals surface area contributed by atoms with Gasteiger partial charge in [-0.05, 0) is 13.0 Å². The van der Waals surface area contributed by atoms with Crippen molar-refractivity contribution in [2.24, 2.45) is 0 Å². The normalized spacial score (nSPS) is 21.5. The molecule has 0 unspecified atom stereocenters. The van der Waals surface area contributed by atoms with Crippen LogP contribution in [-0.4, -0.2) is 63.8 Å². The monoisotopic (exact) mass is 485 g/mol. The van der Waals surface area contributed by atoms with Crippen LogP contribution in [0.2, 0.25) is 0 Å². The summed E-state index contributed by atoms with van der Waals surface area (Å²) in [6.07, 6.45) is -0.237. The summed E-state index contributed by atoms with van der Waals surface area (Å²) < 4.78 is 23.0. The Kier molecular flexibility index (Phi) is 8.00. The first kappa shape index (κ1) is 25.6. The third-order valence-electron chi connectivity index (χ3n) is 5.21. The van der Waals surface area contributed by atoms with Crippen molar-refractivity contribution in [2.75, 3.05) is 6.61 Å². The summed E-state index contributed by atoms with van der Waals surface area (Å²) in [6.45, 7) is 6.54. The highest BCUT2D eigenvalue weighted by molar-refractivity contribution is 5.69. The number of esters is 4. The first-order valence-corrected chi connectivity index (χ1v) is 10.9. The third kappa shape index (κ3) is 6.52. The van der Waals surface area contributed by atoms with Crippen LogP contribution in [0.1, 0.15) is 39.3 Å². The summed E-state index contributed by atoms with van der Waals surface area (Å²) in [5.41, 5.74) is 2.80. The molecule has 0 radical (unpaired) electrons. The van der Waals surface area contributed by atoms with Crippen LogP contribution in [0.5, 0.6) is 0 Å². The lowest BCUT2D eigenvalue weighted by atomic mass is 9.87. The molecule has 1 aliphatic carbocycles. The molecule has 0 fully saturated rings. The number of aryl methyl sites for hydroxylation is 1.